The lowest BCUT2D eigenvalue weighted by atomic mass is 10.2. The number of hydrogen-bond acceptors (Lipinski definition) is 5. The molecule has 8 nitrogen and oxygen atoms in total. The highest BCUT2D eigenvalue weighted by Gasteiger charge is 2.25. The zero-order valence-corrected chi connectivity index (χ0v) is 15.7. The second-order valence-electron chi connectivity index (χ2n) is 6.43. The van der Waals surface area contributed by atoms with Gasteiger partial charge in [0.05, 0.1) is 5.56 Å². The van der Waals surface area contributed by atoms with E-state index in [0.717, 1.165) is 0 Å². The number of fused-ring (bicyclic) bond motifs is 1. The van der Waals surface area contributed by atoms with Crippen molar-refractivity contribution in [1.29, 1.82) is 0 Å². The number of rotatable bonds is 4. The van der Waals surface area contributed by atoms with E-state index in [9.17, 15) is 9.59 Å². The van der Waals surface area contributed by atoms with E-state index in [4.69, 9.17) is 16.3 Å². The fourth-order valence-corrected chi connectivity index (χ4v) is 3.19. The molecule has 1 aliphatic rings. The van der Waals surface area contributed by atoms with Crippen LogP contribution in [0, 0.1) is 0 Å². The van der Waals surface area contributed by atoms with Crippen molar-refractivity contribution in [3.05, 3.63) is 59.5 Å². The first-order valence-corrected chi connectivity index (χ1v) is 9.23. The molecule has 0 N–H and O–H groups in total. The molecule has 1 saturated heterocycles. The van der Waals surface area contributed by atoms with E-state index in [0.29, 0.717) is 48.2 Å². The van der Waals surface area contributed by atoms with Gasteiger partial charge in [-0.3, -0.25) is 14.0 Å². The molecule has 2 amide bonds. The van der Waals surface area contributed by atoms with E-state index in [1.54, 1.807) is 63.1 Å². The third kappa shape index (κ3) is 3.91. The summed E-state index contributed by atoms with van der Waals surface area (Å²) in [7, 11) is 0. The predicted molar refractivity (Wildman–Crippen MR) is 102 cm³/mol. The Morgan fingerprint density at radius 2 is 1.71 bits per heavy atom. The molecule has 1 fully saturated rings. The summed E-state index contributed by atoms with van der Waals surface area (Å²) in [5.41, 5.74) is 1.26. The second kappa shape index (κ2) is 7.85. The van der Waals surface area contributed by atoms with E-state index in [1.807, 2.05) is 0 Å². The molecular weight excluding hydrogens is 382 g/mol. The average molecular weight is 400 g/mol. The Morgan fingerprint density at radius 1 is 1.00 bits per heavy atom. The van der Waals surface area contributed by atoms with Crippen LogP contribution in [-0.2, 0) is 4.79 Å². The first kappa shape index (κ1) is 18.2. The predicted octanol–water partition coefficient (Wildman–Crippen LogP) is 1.75. The number of piperazine rings is 1. The lowest BCUT2D eigenvalue weighted by Crippen LogP contribution is -2.51. The van der Waals surface area contributed by atoms with Crippen LogP contribution in [0.25, 0.3) is 5.65 Å². The normalized spacial score (nSPS) is 14.3. The molecule has 0 bridgehead atoms. The van der Waals surface area contributed by atoms with Gasteiger partial charge in [0, 0.05) is 37.4 Å². The standard InChI is InChI=1S/C19H18ClN5O3/c20-15-2-4-16(5-3-15)28-12-18(26)23-7-9-24(10-8-23)19(27)14-1-6-17-22-21-13-25(17)11-14/h1-6,11,13H,7-10,12H2. The Kier molecular flexibility index (Phi) is 5.12. The Labute approximate surface area is 166 Å². The first-order chi connectivity index (χ1) is 13.6. The van der Waals surface area contributed by atoms with Gasteiger partial charge < -0.3 is 14.5 Å². The summed E-state index contributed by atoms with van der Waals surface area (Å²) in [5, 5.41) is 8.36. The van der Waals surface area contributed by atoms with Gasteiger partial charge in [-0.15, -0.1) is 10.2 Å². The van der Waals surface area contributed by atoms with Gasteiger partial charge in [-0.05, 0) is 36.4 Å². The highest BCUT2D eigenvalue weighted by atomic mass is 35.5. The van der Waals surface area contributed by atoms with Crippen molar-refractivity contribution in [2.75, 3.05) is 32.8 Å². The average Bonchev–Trinajstić information content (AvgIpc) is 3.20. The third-order valence-corrected chi connectivity index (χ3v) is 4.89. The minimum atomic E-state index is -0.104. The Morgan fingerprint density at radius 3 is 2.46 bits per heavy atom. The van der Waals surface area contributed by atoms with Crippen molar-refractivity contribution >= 4 is 29.1 Å². The van der Waals surface area contributed by atoms with Gasteiger partial charge in [-0.2, -0.15) is 0 Å². The molecule has 3 heterocycles. The maximum Gasteiger partial charge on any atom is 0.260 e. The van der Waals surface area contributed by atoms with Crippen LogP contribution in [0.15, 0.2) is 48.9 Å². The summed E-state index contributed by atoms with van der Waals surface area (Å²) in [6, 6.07) is 10.4. The molecule has 0 atom stereocenters. The molecule has 1 aromatic carbocycles. The summed E-state index contributed by atoms with van der Waals surface area (Å²) in [6.07, 6.45) is 3.28. The Hall–Kier alpha value is -3.13. The molecule has 0 aliphatic carbocycles. The monoisotopic (exact) mass is 399 g/mol. The van der Waals surface area contributed by atoms with Crippen molar-refractivity contribution in [3.63, 3.8) is 0 Å². The zero-order valence-electron chi connectivity index (χ0n) is 15.0. The number of hydrogen-bond donors (Lipinski definition) is 0. The zero-order chi connectivity index (χ0) is 19.5. The molecule has 0 unspecified atom stereocenters. The van der Waals surface area contributed by atoms with Crippen LogP contribution in [0.3, 0.4) is 0 Å². The largest absolute Gasteiger partial charge is 0.484 e. The van der Waals surface area contributed by atoms with Crippen molar-refractivity contribution < 1.29 is 14.3 Å². The highest BCUT2D eigenvalue weighted by Crippen LogP contribution is 2.16. The molecule has 2 aromatic heterocycles. The van der Waals surface area contributed by atoms with Gasteiger partial charge in [0.1, 0.15) is 12.1 Å². The van der Waals surface area contributed by atoms with E-state index in [-0.39, 0.29) is 18.4 Å². The van der Waals surface area contributed by atoms with E-state index >= 15 is 0 Å². The molecule has 4 rings (SSSR count). The molecule has 0 saturated carbocycles. The van der Waals surface area contributed by atoms with Crippen LogP contribution in [0.1, 0.15) is 10.4 Å². The number of aromatic nitrogens is 3. The van der Waals surface area contributed by atoms with Crippen molar-refractivity contribution in [2.45, 2.75) is 0 Å². The summed E-state index contributed by atoms with van der Waals surface area (Å²) in [6.45, 7) is 1.87. The fraction of sp³-hybridized carbons (Fsp3) is 0.263. The van der Waals surface area contributed by atoms with Gasteiger partial charge in [0.15, 0.2) is 12.3 Å². The summed E-state index contributed by atoms with van der Waals surface area (Å²) in [4.78, 5) is 28.5. The van der Waals surface area contributed by atoms with Gasteiger partial charge in [0.2, 0.25) is 0 Å². The summed E-state index contributed by atoms with van der Waals surface area (Å²) < 4.78 is 7.22. The molecule has 9 heteroatoms. The Balaban J connectivity index is 1.30. The summed E-state index contributed by atoms with van der Waals surface area (Å²) >= 11 is 5.83. The first-order valence-electron chi connectivity index (χ1n) is 8.85. The minimum absolute atomic E-state index is 0.0418. The maximum atomic E-state index is 12.7. The number of ether oxygens (including phenoxy) is 1. The molecular formula is C19H18ClN5O3. The number of pyridine rings is 1. The number of benzene rings is 1. The highest BCUT2D eigenvalue weighted by molar-refractivity contribution is 6.30. The lowest BCUT2D eigenvalue weighted by molar-refractivity contribution is -0.134. The fourth-order valence-electron chi connectivity index (χ4n) is 3.06. The summed E-state index contributed by atoms with van der Waals surface area (Å²) in [5.74, 6) is 0.420. The third-order valence-electron chi connectivity index (χ3n) is 4.63. The van der Waals surface area contributed by atoms with Crippen LogP contribution in [-0.4, -0.2) is 69.0 Å². The van der Waals surface area contributed by atoms with E-state index < -0.39 is 0 Å². The molecule has 144 valence electrons. The van der Waals surface area contributed by atoms with Crippen molar-refractivity contribution in [1.82, 2.24) is 24.4 Å². The van der Waals surface area contributed by atoms with Gasteiger partial charge in [0.25, 0.3) is 11.8 Å². The van der Waals surface area contributed by atoms with Crippen LogP contribution < -0.4 is 4.74 Å². The van der Waals surface area contributed by atoms with Gasteiger partial charge in [-0.1, -0.05) is 11.6 Å². The van der Waals surface area contributed by atoms with Crippen LogP contribution in [0.2, 0.25) is 5.02 Å². The second-order valence-corrected chi connectivity index (χ2v) is 6.87. The van der Waals surface area contributed by atoms with Gasteiger partial charge in [-0.25, -0.2) is 0 Å². The van der Waals surface area contributed by atoms with Crippen LogP contribution in [0.5, 0.6) is 5.75 Å². The Bertz CT molecular complexity index is 996. The number of halogens is 1. The maximum absolute atomic E-state index is 12.7. The quantitative estimate of drug-likeness (QED) is 0.667. The lowest BCUT2D eigenvalue weighted by Gasteiger charge is -2.34. The smallest absolute Gasteiger partial charge is 0.260 e. The van der Waals surface area contributed by atoms with Crippen LogP contribution >= 0.6 is 11.6 Å². The van der Waals surface area contributed by atoms with Crippen LogP contribution in [0.4, 0.5) is 0 Å². The minimum Gasteiger partial charge on any atom is -0.484 e. The number of amides is 2. The number of carbonyl (C=O) groups excluding carboxylic acids is 2. The molecule has 28 heavy (non-hydrogen) atoms. The molecule has 1 aliphatic heterocycles. The number of nitrogens with zero attached hydrogens (tertiary/aromatic N) is 5. The van der Waals surface area contributed by atoms with Crippen molar-refractivity contribution in [2.24, 2.45) is 0 Å². The van der Waals surface area contributed by atoms with E-state index in [2.05, 4.69) is 10.2 Å². The topological polar surface area (TPSA) is 80.0 Å². The van der Waals surface area contributed by atoms with E-state index in [1.165, 1.54) is 0 Å². The van der Waals surface area contributed by atoms with Gasteiger partial charge >= 0.3 is 0 Å². The number of carbonyl (C=O) groups is 2. The molecule has 0 spiro atoms. The SMILES string of the molecule is O=C(COc1ccc(Cl)cc1)N1CCN(C(=O)c2ccc3nncn3c2)CC1. The van der Waals surface area contributed by atoms with Crippen molar-refractivity contribution in [3.8, 4) is 5.75 Å². The molecule has 3 aromatic rings. The molecule has 0 radical (unpaired) electrons.